The predicted octanol–water partition coefficient (Wildman–Crippen LogP) is 5.91. The number of aliphatic carboxylic acids is 1. The number of nitro groups is 1. The summed E-state index contributed by atoms with van der Waals surface area (Å²) >= 11 is 0. The summed E-state index contributed by atoms with van der Waals surface area (Å²) in [6.07, 6.45) is 1.92. The number of rotatable bonds is 14. The maximum atomic E-state index is 12.9. The molecule has 0 radical (unpaired) electrons. The van der Waals surface area contributed by atoms with Crippen LogP contribution in [0.15, 0.2) is 66.7 Å². The second-order valence-corrected chi connectivity index (χ2v) is 9.24. The summed E-state index contributed by atoms with van der Waals surface area (Å²) < 4.78 is 11.4. The van der Waals surface area contributed by atoms with E-state index in [0.29, 0.717) is 18.3 Å². The van der Waals surface area contributed by atoms with Gasteiger partial charge in [-0.15, -0.1) is 0 Å². The Morgan fingerprint density at radius 1 is 0.947 bits per heavy atom. The minimum atomic E-state index is -0.968. The number of amides is 1. The fourth-order valence-electron chi connectivity index (χ4n) is 3.81. The highest BCUT2D eigenvalue weighted by molar-refractivity contribution is 6.06. The zero-order valence-electron chi connectivity index (χ0n) is 21.5. The van der Waals surface area contributed by atoms with Crippen LogP contribution in [0.4, 0.5) is 11.4 Å². The minimum Gasteiger partial charge on any atom is -0.493 e. The average molecular weight is 521 g/mol. The molecular formula is C29H32N2O7. The molecule has 3 aromatic rings. The fourth-order valence-corrected chi connectivity index (χ4v) is 3.81. The van der Waals surface area contributed by atoms with Crippen molar-refractivity contribution in [3.05, 3.63) is 93.5 Å². The lowest BCUT2D eigenvalue weighted by molar-refractivity contribution is -0.384. The molecule has 38 heavy (non-hydrogen) atoms. The maximum Gasteiger partial charge on any atom is 0.303 e. The molecule has 200 valence electrons. The number of carbonyl (C=O) groups excluding carboxylic acids is 1. The minimum absolute atomic E-state index is 0.0322. The lowest BCUT2D eigenvalue weighted by Crippen LogP contribution is -2.15. The first-order valence-corrected chi connectivity index (χ1v) is 12.5. The van der Waals surface area contributed by atoms with E-state index in [1.807, 2.05) is 0 Å². The summed E-state index contributed by atoms with van der Waals surface area (Å²) in [6, 6.07) is 19.2. The molecule has 0 atom stereocenters. The van der Waals surface area contributed by atoms with Crippen molar-refractivity contribution in [1.82, 2.24) is 0 Å². The highest BCUT2D eigenvalue weighted by Gasteiger charge is 2.21. The van der Waals surface area contributed by atoms with E-state index in [9.17, 15) is 19.7 Å². The Balaban J connectivity index is 1.58. The SMILES string of the molecule is CC(C)Cc1ccc(CCOc2ccc(C(=O)Nc3c(OCCCC(=O)O)cccc3[N+](=O)[O-])cc2)cc1. The molecule has 2 N–H and O–H groups in total. The Hall–Kier alpha value is -4.40. The van der Waals surface area contributed by atoms with Crippen LogP contribution in [0.3, 0.4) is 0 Å². The van der Waals surface area contributed by atoms with Crippen molar-refractivity contribution in [1.29, 1.82) is 0 Å². The van der Waals surface area contributed by atoms with Gasteiger partial charge in [0.25, 0.3) is 11.6 Å². The smallest absolute Gasteiger partial charge is 0.303 e. The van der Waals surface area contributed by atoms with Crippen molar-refractivity contribution in [3.8, 4) is 11.5 Å². The van der Waals surface area contributed by atoms with E-state index in [4.69, 9.17) is 14.6 Å². The molecule has 0 aromatic heterocycles. The Morgan fingerprint density at radius 2 is 1.63 bits per heavy atom. The van der Waals surface area contributed by atoms with Crippen LogP contribution in [0.1, 0.15) is 48.2 Å². The number of nitrogens with one attached hydrogen (secondary N) is 1. The number of nitro benzene ring substituents is 1. The number of nitrogens with zero attached hydrogens (tertiary/aromatic N) is 1. The normalized spacial score (nSPS) is 10.7. The van der Waals surface area contributed by atoms with E-state index >= 15 is 0 Å². The van der Waals surface area contributed by atoms with Gasteiger partial charge in [0, 0.05) is 24.5 Å². The van der Waals surface area contributed by atoms with Crippen LogP contribution in [0.25, 0.3) is 0 Å². The van der Waals surface area contributed by atoms with Crippen LogP contribution in [0.2, 0.25) is 0 Å². The highest BCUT2D eigenvalue weighted by atomic mass is 16.6. The number of ether oxygens (including phenoxy) is 2. The van der Waals surface area contributed by atoms with Crippen molar-refractivity contribution in [2.24, 2.45) is 5.92 Å². The molecule has 0 aliphatic rings. The topological polar surface area (TPSA) is 128 Å². The first-order valence-electron chi connectivity index (χ1n) is 12.5. The third-order valence-electron chi connectivity index (χ3n) is 5.67. The Labute approximate surface area is 221 Å². The third-order valence-corrected chi connectivity index (χ3v) is 5.67. The summed E-state index contributed by atoms with van der Waals surface area (Å²) in [4.78, 5) is 34.5. The van der Waals surface area contributed by atoms with E-state index in [1.165, 1.54) is 29.3 Å². The summed E-state index contributed by atoms with van der Waals surface area (Å²) in [6.45, 7) is 4.90. The number of hydrogen-bond donors (Lipinski definition) is 2. The van der Waals surface area contributed by atoms with E-state index in [2.05, 4.69) is 43.4 Å². The van der Waals surface area contributed by atoms with Crippen molar-refractivity contribution in [3.63, 3.8) is 0 Å². The molecule has 0 aliphatic heterocycles. The van der Waals surface area contributed by atoms with Gasteiger partial charge < -0.3 is 19.9 Å². The standard InChI is InChI=1S/C29H32N2O7/c1-20(2)19-22-10-8-21(9-11-22)16-18-37-24-14-12-23(13-15-24)29(34)30-28-25(31(35)36)5-3-6-26(28)38-17-4-7-27(32)33/h3,5-6,8-15,20H,4,7,16-19H2,1-2H3,(H,30,34)(H,32,33). The summed E-state index contributed by atoms with van der Waals surface area (Å²) in [5.41, 5.74) is 2.37. The van der Waals surface area contributed by atoms with Crippen molar-refractivity contribution >= 4 is 23.3 Å². The average Bonchev–Trinajstić information content (AvgIpc) is 2.88. The summed E-state index contributed by atoms with van der Waals surface area (Å²) in [5, 5.41) is 22.9. The number of anilines is 1. The van der Waals surface area contributed by atoms with Gasteiger partial charge in [0.15, 0.2) is 5.69 Å². The van der Waals surface area contributed by atoms with E-state index in [0.717, 1.165) is 12.8 Å². The third kappa shape index (κ3) is 8.62. The van der Waals surface area contributed by atoms with Gasteiger partial charge in [-0.3, -0.25) is 19.7 Å². The number of para-hydroxylation sites is 1. The van der Waals surface area contributed by atoms with E-state index in [-0.39, 0.29) is 42.1 Å². The predicted molar refractivity (Wildman–Crippen MR) is 144 cm³/mol. The highest BCUT2D eigenvalue weighted by Crippen LogP contribution is 2.35. The molecule has 0 aliphatic carbocycles. The molecule has 0 saturated heterocycles. The molecule has 1 amide bonds. The molecule has 0 saturated carbocycles. The second kappa shape index (κ2) is 13.8. The molecule has 3 rings (SSSR count). The van der Waals surface area contributed by atoms with Gasteiger partial charge in [-0.25, -0.2) is 0 Å². The summed E-state index contributed by atoms with van der Waals surface area (Å²) in [5.74, 6) is -0.212. The van der Waals surface area contributed by atoms with Crippen molar-refractivity contribution in [2.75, 3.05) is 18.5 Å². The summed E-state index contributed by atoms with van der Waals surface area (Å²) in [7, 11) is 0. The monoisotopic (exact) mass is 520 g/mol. The molecule has 9 heteroatoms. The van der Waals surface area contributed by atoms with Gasteiger partial charge in [0.2, 0.25) is 0 Å². The molecule has 0 spiro atoms. The van der Waals surface area contributed by atoms with Crippen molar-refractivity contribution < 1.29 is 29.1 Å². The molecule has 0 fully saturated rings. The van der Waals surface area contributed by atoms with Crippen LogP contribution in [0, 0.1) is 16.0 Å². The molecule has 0 unspecified atom stereocenters. The fraction of sp³-hybridized carbons (Fsp3) is 0.310. The van der Waals surface area contributed by atoms with Gasteiger partial charge in [-0.2, -0.15) is 0 Å². The van der Waals surface area contributed by atoms with E-state index in [1.54, 1.807) is 24.3 Å². The van der Waals surface area contributed by atoms with Gasteiger partial charge in [0.05, 0.1) is 18.1 Å². The Kier molecular flexibility index (Phi) is 10.2. The zero-order chi connectivity index (χ0) is 27.5. The van der Waals surface area contributed by atoms with Crippen LogP contribution >= 0.6 is 0 Å². The molecule has 0 heterocycles. The van der Waals surface area contributed by atoms with Gasteiger partial charge >= 0.3 is 5.97 Å². The quantitative estimate of drug-likeness (QED) is 0.154. The van der Waals surface area contributed by atoms with E-state index < -0.39 is 16.8 Å². The lowest BCUT2D eigenvalue weighted by atomic mass is 10.0. The Morgan fingerprint density at radius 3 is 2.26 bits per heavy atom. The number of carboxylic acids is 1. The second-order valence-electron chi connectivity index (χ2n) is 9.24. The zero-order valence-corrected chi connectivity index (χ0v) is 21.5. The van der Waals surface area contributed by atoms with Crippen LogP contribution < -0.4 is 14.8 Å². The molecule has 0 bridgehead atoms. The van der Waals surface area contributed by atoms with Gasteiger partial charge in [-0.1, -0.05) is 44.2 Å². The van der Waals surface area contributed by atoms with Crippen LogP contribution in [-0.2, 0) is 17.6 Å². The van der Waals surface area contributed by atoms with Gasteiger partial charge in [-0.05, 0) is 60.2 Å². The number of carbonyl (C=O) groups is 2. The first-order chi connectivity index (χ1) is 18.2. The molecule has 9 nitrogen and oxygen atoms in total. The number of benzene rings is 3. The largest absolute Gasteiger partial charge is 0.493 e. The Bertz CT molecular complexity index is 1240. The number of hydrogen-bond acceptors (Lipinski definition) is 6. The molecular weight excluding hydrogens is 488 g/mol. The maximum absolute atomic E-state index is 12.9. The molecule has 3 aromatic carbocycles. The first kappa shape index (κ1) is 28.2. The lowest BCUT2D eigenvalue weighted by Gasteiger charge is -2.13. The number of carboxylic acid groups (broad SMARTS) is 1. The van der Waals surface area contributed by atoms with Gasteiger partial charge in [0.1, 0.15) is 11.5 Å². The van der Waals surface area contributed by atoms with Crippen LogP contribution in [0.5, 0.6) is 11.5 Å². The van der Waals surface area contributed by atoms with Crippen LogP contribution in [-0.4, -0.2) is 35.1 Å². The van der Waals surface area contributed by atoms with Crippen molar-refractivity contribution in [2.45, 2.75) is 39.5 Å².